The third-order valence-electron chi connectivity index (χ3n) is 4.07. The second kappa shape index (κ2) is 5.86. The highest BCUT2D eigenvalue weighted by Gasteiger charge is 2.28. The van der Waals surface area contributed by atoms with Crippen LogP contribution in [0.5, 0.6) is 0 Å². The smallest absolute Gasteiger partial charge is 0.178 e. The van der Waals surface area contributed by atoms with Gasteiger partial charge in [-0.05, 0) is 55.2 Å². The minimum absolute atomic E-state index is 0.399. The van der Waals surface area contributed by atoms with Crippen molar-refractivity contribution in [3.8, 4) is 0 Å². The van der Waals surface area contributed by atoms with E-state index in [-0.39, 0.29) is 0 Å². The highest BCUT2D eigenvalue weighted by atomic mass is 32.1. The molecule has 0 radical (unpaired) electrons. The van der Waals surface area contributed by atoms with Crippen molar-refractivity contribution in [2.75, 3.05) is 10.2 Å². The van der Waals surface area contributed by atoms with E-state index in [9.17, 15) is 0 Å². The maximum atomic E-state index is 5.67. The zero-order valence-electron chi connectivity index (χ0n) is 12.5. The molecule has 2 nitrogen and oxygen atoms in total. The SMILES string of the molecule is CCc1ccccc1NC(=S)N1c2ccccc2C[C@H]1C. The first kappa shape index (κ1) is 14.1. The first-order chi connectivity index (χ1) is 10.2. The summed E-state index contributed by atoms with van der Waals surface area (Å²) < 4.78 is 0. The third-order valence-corrected chi connectivity index (χ3v) is 4.36. The molecule has 0 saturated carbocycles. The lowest BCUT2D eigenvalue weighted by atomic mass is 10.1. The lowest BCUT2D eigenvalue weighted by molar-refractivity contribution is 0.776. The van der Waals surface area contributed by atoms with Gasteiger partial charge in [0.05, 0.1) is 0 Å². The Morgan fingerprint density at radius 2 is 1.90 bits per heavy atom. The molecule has 0 unspecified atom stereocenters. The summed E-state index contributed by atoms with van der Waals surface area (Å²) in [4.78, 5) is 2.23. The number of nitrogens with one attached hydrogen (secondary N) is 1. The first-order valence-corrected chi connectivity index (χ1v) is 7.87. The molecular formula is C18H20N2S. The lowest BCUT2D eigenvalue weighted by Crippen LogP contribution is -2.39. The molecule has 0 amide bonds. The molecule has 0 fully saturated rings. The summed E-state index contributed by atoms with van der Waals surface area (Å²) in [5.74, 6) is 0. The fourth-order valence-corrected chi connectivity index (χ4v) is 3.39. The first-order valence-electron chi connectivity index (χ1n) is 7.46. The maximum Gasteiger partial charge on any atom is 0.178 e. The molecule has 1 aliphatic rings. The molecule has 0 aromatic heterocycles. The van der Waals surface area contributed by atoms with Crippen molar-refractivity contribution in [1.29, 1.82) is 0 Å². The van der Waals surface area contributed by atoms with Crippen LogP contribution in [0.4, 0.5) is 11.4 Å². The van der Waals surface area contributed by atoms with Crippen LogP contribution in [0.15, 0.2) is 48.5 Å². The Kier molecular flexibility index (Phi) is 3.93. The average Bonchev–Trinajstić information content (AvgIpc) is 2.83. The molecule has 0 bridgehead atoms. The summed E-state index contributed by atoms with van der Waals surface area (Å²) in [6.07, 6.45) is 2.05. The number of para-hydroxylation sites is 2. The Morgan fingerprint density at radius 3 is 2.71 bits per heavy atom. The molecule has 0 saturated heterocycles. The summed E-state index contributed by atoms with van der Waals surface area (Å²) >= 11 is 5.67. The number of aryl methyl sites for hydroxylation is 1. The second-order valence-electron chi connectivity index (χ2n) is 5.49. The highest BCUT2D eigenvalue weighted by molar-refractivity contribution is 7.80. The Morgan fingerprint density at radius 1 is 1.19 bits per heavy atom. The van der Waals surface area contributed by atoms with Crippen LogP contribution in [0, 0.1) is 0 Å². The van der Waals surface area contributed by atoms with Crippen molar-refractivity contribution in [2.24, 2.45) is 0 Å². The molecule has 1 aliphatic heterocycles. The average molecular weight is 296 g/mol. The summed E-state index contributed by atoms with van der Waals surface area (Å²) in [5.41, 5.74) is 5.01. The van der Waals surface area contributed by atoms with E-state index >= 15 is 0 Å². The Balaban J connectivity index is 1.86. The van der Waals surface area contributed by atoms with Gasteiger partial charge in [-0.25, -0.2) is 0 Å². The summed E-state index contributed by atoms with van der Waals surface area (Å²) in [6.45, 7) is 4.39. The molecule has 1 N–H and O–H groups in total. The van der Waals surface area contributed by atoms with Gasteiger partial charge in [0, 0.05) is 17.4 Å². The normalized spacial score (nSPS) is 16.7. The van der Waals surface area contributed by atoms with Gasteiger partial charge in [-0.15, -0.1) is 0 Å². The van der Waals surface area contributed by atoms with E-state index in [1.54, 1.807) is 0 Å². The van der Waals surface area contributed by atoms with Gasteiger partial charge in [-0.3, -0.25) is 0 Å². The van der Waals surface area contributed by atoms with Crippen LogP contribution in [-0.2, 0) is 12.8 Å². The third kappa shape index (κ3) is 2.66. The van der Waals surface area contributed by atoms with Crippen LogP contribution < -0.4 is 10.2 Å². The van der Waals surface area contributed by atoms with E-state index in [4.69, 9.17) is 12.2 Å². The van der Waals surface area contributed by atoms with E-state index in [2.05, 4.69) is 66.5 Å². The second-order valence-corrected chi connectivity index (χ2v) is 5.88. The summed E-state index contributed by atoms with van der Waals surface area (Å²) in [6, 6.07) is 17.3. The van der Waals surface area contributed by atoms with Gasteiger partial charge in [-0.1, -0.05) is 43.3 Å². The lowest BCUT2D eigenvalue weighted by Gasteiger charge is -2.26. The Labute approximate surface area is 131 Å². The van der Waals surface area contributed by atoms with Gasteiger partial charge in [-0.2, -0.15) is 0 Å². The molecule has 3 heteroatoms. The zero-order chi connectivity index (χ0) is 14.8. The van der Waals surface area contributed by atoms with Crippen LogP contribution >= 0.6 is 12.2 Å². The zero-order valence-corrected chi connectivity index (χ0v) is 13.3. The maximum absolute atomic E-state index is 5.67. The molecule has 2 aromatic carbocycles. The molecule has 108 valence electrons. The minimum Gasteiger partial charge on any atom is -0.332 e. The van der Waals surface area contributed by atoms with E-state index in [1.807, 2.05) is 6.07 Å². The minimum atomic E-state index is 0.399. The van der Waals surface area contributed by atoms with Crippen molar-refractivity contribution in [2.45, 2.75) is 32.7 Å². The van der Waals surface area contributed by atoms with Crippen molar-refractivity contribution in [3.63, 3.8) is 0 Å². The van der Waals surface area contributed by atoms with Crippen LogP contribution in [0.25, 0.3) is 0 Å². The molecule has 1 atom stereocenters. The number of benzene rings is 2. The number of hydrogen-bond acceptors (Lipinski definition) is 1. The predicted octanol–water partition coefficient (Wildman–Crippen LogP) is 4.40. The number of hydrogen-bond donors (Lipinski definition) is 1. The molecule has 0 aliphatic carbocycles. The van der Waals surface area contributed by atoms with Gasteiger partial charge < -0.3 is 10.2 Å². The predicted molar refractivity (Wildman–Crippen MR) is 94.1 cm³/mol. The van der Waals surface area contributed by atoms with Crippen LogP contribution in [0.1, 0.15) is 25.0 Å². The highest BCUT2D eigenvalue weighted by Crippen LogP contribution is 2.32. The van der Waals surface area contributed by atoms with Gasteiger partial charge in [0.2, 0.25) is 0 Å². The number of thiocarbonyl (C=S) groups is 1. The van der Waals surface area contributed by atoms with Gasteiger partial charge in [0.15, 0.2) is 5.11 Å². The standard InChI is InChI=1S/C18H20N2S/c1-3-14-8-4-6-10-16(14)19-18(21)20-13(2)12-15-9-5-7-11-17(15)20/h4-11,13H,3,12H2,1-2H3,(H,19,21)/t13-/m1/s1. The van der Waals surface area contributed by atoms with E-state index in [1.165, 1.54) is 16.8 Å². The van der Waals surface area contributed by atoms with Crippen LogP contribution in [0.3, 0.4) is 0 Å². The molecule has 0 spiro atoms. The van der Waals surface area contributed by atoms with E-state index in [0.717, 1.165) is 23.6 Å². The van der Waals surface area contributed by atoms with Gasteiger partial charge in [0.1, 0.15) is 0 Å². The molecule has 2 aromatic rings. The van der Waals surface area contributed by atoms with Crippen LogP contribution in [-0.4, -0.2) is 11.2 Å². The number of fused-ring (bicyclic) bond motifs is 1. The van der Waals surface area contributed by atoms with Crippen molar-refractivity contribution >= 4 is 28.7 Å². The van der Waals surface area contributed by atoms with E-state index < -0.39 is 0 Å². The molecule has 21 heavy (non-hydrogen) atoms. The molecule has 3 rings (SSSR count). The largest absolute Gasteiger partial charge is 0.332 e. The topological polar surface area (TPSA) is 15.3 Å². The van der Waals surface area contributed by atoms with Crippen LogP contribution in [0.2, 0.25) is 0 Å². The monoisotopic (exact) mass is 296 g/mol. The van der Waals surface area contributed by atoms with Crippen molar-refractivity contribution in [1.82, 2.24) is 0 Å². The van der Waals surface area contributed by atoms with Gasteiger partial charge in [0.25, 0.3) is 0 Å². The van der Waals surface area contributed by atoms with Crippen molar-refractivity contribution < 1.29 is 0 Å². The Bertz CT molecular complexity index is 666. The number of anilines is 2. The van der Waals surface area contributed by atoms with Gasteiger partial charge >= 0.3 is 0 Å². The number of rotatable bonds is 2. The Hall–Kier alpha value is -1.87. The summed E-state index contributed by atoms with van der Waals surface area (Å²) in [5, 5.41) is 4.22. The van der Waals surface area contributed by atoms with Crippen molar-refractivity contribution in [3.05, 3.63) is 59.7 Å². The fourth-order valence-electron chi connectivity index (χ4n) is 3.00. The number of nitrogens with zero attached hydrogens (tertiary/aromatic N) is 1. The fraction of sp³-hybridized carbons (Fsp3) is 0.278. The summed E-state index contributed by atoms with van der Waals surface area (Å²) in [7, 11) is 0. The molecule has 1 heterocycles. The quantitative estimate of drug-likeness (QED) is 0.827. The molecular weight excluding hydrogens is 276 g/mol. The van der Waals surface area contributed by atoms with E-state index in [0.29, 0.717) is 6.04 Å².